The van der Waals surface area contributed by atoms with E-state index in [0.717, 1.165) is 30.8 Å². The summed E-state index contributed by atoms with van der Waals surface area (Å²) in [7, 11) is 0. The molecule has 0 aromatic carbocycles. The quantitative estimate of drug-likeness (QED) is 0.824. The number of rotatable bonds is 4. The Labute approximate surface area is 158 Å². The fraction of sp³-hybridized carbons (Fsp3) is 0.450. The molecule has 3 saturated heterocycles. The Morgan fingerprint density at radius 3 is 2.67 bits per heavy atom. The van der Waals surface area contributed by atoms with Crippen LogP contribution in [0, 0.1) is 5.92 Å². The minimum Gasteiger partial charge on any atom is -0.336 e. The van der Waals surface area contributed by atoms with Crippen molar-refractivity contribution in [1.82, 2.24) is 24.8 Å². The third-order valence-electron chi connectivity index (χ3n) is 5.41. The summed E-state index contributed by atoms with van der Waals surface area (Å²) < 4.78 is 0. The van der Waals surface area contributed by atoms with Crippen LogP contribution in [0.1, 0.15) is 41.6 Å². The number of aryl methyl sites for hydroxylation is 1. The largest absolute Gasteiger partial charge is 0.336 e. The topological polar surface area (TPSA) is 79.3 Å². The molecule has 0 radical (unpaired) electrons. The fourth-order valence-corrected chi connectivity index (χ4v) is 3.91. The molecule has 3 fully saturated rings. The molecule has 5 heterocycles. The first-order valence-corrected chi connectivity index (χ1v) is 9.46. The van der Waals surface area contributed by atoms with E-state index in [9.17, 15) is 9.59 Å². The van der Waals surface area contributed by atoms with Gasteiger partial charge in [0.2, 0.25) is 5.91 Å². The second-order valence-corrected chi connectivity index (χ2v) is 7.17. The number of carbonyl (C=O) groups is 2. The molecule has 0 N–H and O–H groups in total. The zero-order chi connectivity index (χ0) is 18.8. The zero-order valence-corrected chi connectivity index (χ0v) is 15.4. The predicted octanol–water partition coefficient (Wildman–Crippen LogP) is 1.70. The van der Waals surface area contributed by atoms with Gasteiger partial charge in [-0.3, -0.25) is 14.6 Å². The second kappa shape index (κ2) is 7.42. The van der Waals surface area contributed by atoms with Gasteiger partial charge in [0, 0.05) is 44.1 Å². The summed E-state index contributed by atoms with van der Waals surface area (Å²) in [6.07, 6.45) is 7.41. The van der Waals surface area contributed by atoms with Crippen molar-refractivity contribution in [3.05, 3.63) is 53.9 Å². The predicted molar refractivity (Wildman–Crippen MR) is 98.6 cm³/mol. The van der Waals surface area contributed by atoms with E-state index in [1.165, 1.54) is 0 Å². The minimum atomic E-state index is -0.146. The third-order valence-corrected chi connectivity index (χ3v) is 5.41. The first-order valence-electron chi connectivity index (χ1n) is 9.46. The molecule has 5 rings (SSSR count). The van der Waals surface area contributed by atoms with E-state index < -0.39 is 0 Å². The standard InChI is InChI=1S/C20H23N5O2/c1-2-18-22-9-15(10-23-18)19(26)24-11-14-6-7-17(13-24)25(20(14)27)12-16-5-3-4-8-21-16/h3-5,8-10,14,17H,2,6-7,11-13H2,1H3/t14-,17+/m0/s1. The Balaban J connectivity index is 1.53. The van der Waals surface area contributed by atoms with Crippen LogP contribution in [0.4, 0.5) is 0 Å². The van der Waals surface area contributed by atoms with E-state index in [2.05, 4.69) is 15.0 Å². The van der Waals surface area contributed by atoms with Crippen LogP contribution in [-0.4, -0.2) is 55.7 Å². The molecule has 0 spiro atoms. The molecule has 0 saturated carbocycles. The van der Waals surface area contributed by atoms with E-state index in [4.69, 9.17) is 0 Å². The second-order valence-electron chi connectivity index (χ2n) is 7.17. The van der Waals surface area contributed by atoms with E-state index in [1.807, 2.05) is 30.0 Å². The lowest BCUT2D eigenvalue weighted by molar-refractivity contribution is -0.140. The van der Waals surface area contributed by atoms with Crippen molar-refractivity contribution in [1.29, 1.82) is 0 Å². The fourth-order valence-electron chi connectivity index (χ4n) is 3.91. The molecule has 0 unspecified atom stereocenters. The highest BCUT2D eigenvalue weighted by Gasteiger charge is 2.42. The summed E-state index contributed by atoms with van der Waals surface area (Å²) >= 11 is 0. The Bertz CT molecular complexity index is 824. The molecule has 7 nitrogen and oxygen atoms in total. The lowest BCUT2D eigenvalue weighted by atomic mass is 9.94. The average Bonchev–Trinajstić information content (AvgIpc) is 3.01. The smallest absolute Gasteiger partial charge is 0.257 e. The number of piperidine rings is 1. The normalized spacial score (nSPS) is 22.0. The molecular formula is C20H23N5O2. The van der Waals surface area contributed by atoms with Crippen LogP contribution in [-0.2, 0) is 17.8 Å². The average molecular weight is 365 g/mol. The summed E-state index contributed by atoms with van der Waals surface area (Å²) in [5.74, 6) is 0.610. The van der Waals surface area contributed by atoms with Crippen LogP contribution in [0.3, 0.4) is 0 Å². The molecule has 2 amide bonds. The van der Waals surface area contributed by atoms with Crippen LogP contribution in [0.15, 0.2) is 36.8 Å². The van der Waals surface area contributed by atoms with Crippen molar-refractivity contribution in [2.45, 2.75) is 38.8 Å². The van der Waals surface area contributed by atoms with Crippen LogP contribution in [0.5, 0.6) is 0 Å². The van der Waals surface area contributed by atoms with Gasteiger partial charge in [-0.05, 0) is 25.0 Å². The SMILES string of the molecule is CCc1ncc(C(=O)N2C[C@@H]3CC[C@H](C2)N(Cc2ccccn2)C3=O)cn1. The number of pyridine rings is 1. The van der Waals surface area contributed by atoms with Crippen molar-refractivity contribution in [3.8, 4) is 0 Å². The highest BCUT2D eigenvalue weighted by Crippen LogP contribution is 2.30. The molecule has 3 aliphatic heterocycles. The Hall–Kier alpha value is -2.83. The van der Waals surface area contributed by atoms with Crippen LogP contribution in [0.25, 0.3) is 0 Å². The number of hydrogen-bond donors (Lipinski definition) is 0. The summed E-state index contributed by atoms with van der Waals surface area (Å²) in [4.78, 5) is 42.4. The van der Waals surface area contributed by atoms with Crippen molar-refractivity contribution in [3.63, 3.8) is 0 Å². The molecule has 2 atom stereocenters. The van der Waals surface area contributed by atoms with Gasteiger partial charge in [-0.25, -0.2) is 9.97 Å². The first kappa shape index (κ1) is 17.6. The van der Waals surface area contributed by atoms with Crippen molar-refractivity contribution in [2.24, 2.45) is 5.92 Å². The highest BCUT2D eigenvalue weighted by atomic mass is 16.2. The third kappa shape index (κ3) is 3.54. The number of hydrogen-bond acceptors (Lipinski definition) is 5. The highest BCUT2D eigenvalue weighted by molar-refractivity contribution is 5.94. The van der Waals surface area contributed by atoms with E-state index in [1.54, 1.807) is 23.5 Å². The summed E-state index contributed by atoms with van der Waals surface area (Å²) in [6.45, 7) is 3.48. The number of carbonyl (C=O) groups excluding carboxylic acids is 2. The first-order chi connectivity index (χ1) is 13.2. The van der Waals surface area contributed by atoms with Gasteiger partial charge < -0.3 is 9.80 Å². The lowest BCUT2D eigenvalue weighted by Crippen LogP contribution is -2.47. The maximum absolute atomic E-state index is 12.9. The molecular weight excluding hydrogens is 342 g/mol. The van der Waals surface area contributed by atoms with Gasteiger partial charge in [-0.15, -0.1) is 0 Å². The van der Waals surface area contributed by atoms with Crippen LogP contribution < -0.4 is 0 Å². The number of aromatic nitrogens is 3. The van der Waals surface area contributed by atoms with Crippen molar-refractivity contribution < 1.29 is 9.59 Å². The zero-order valence-electron chi connectivity index (χ0n) is 15.4. The molecule has 27 heavy (non-hydrogen) atoms. The lowest BCUT2D eigenvalue weighted by Gasteiger charge is -2.35. The van der Waals surface area contributed by atoms with E-state index in [0.29, 0.717) is 25.2 Å². The molecule has 3 aliphatic rings. The van der Waals surface area contributed by atoms with Gasteiger partial charge in [-0.1, -0.05) is 13.0 Å². The Morgan fingerprint density at radius 2 is 1.96 bits per heavy atom. The minimum absolute atomic E-state index is 0.0260. The van der Waals surface area contributed by atoms with Crippen LogP contribution in [0.2, 0.25) is 0 Å². The number of fused-ring (bicyclic) bond motifs is 4. The van der Waals surface area contributed by atoms with Gasteiger partial charge in [0.15, 0.2) is 0 Å². The molecule has 2 aromatic rings. The van der Waals surface area contributed by atoms with Crippen LogP contribution >= 0.6 is 0 Å². The van der Waals surface area contributed by atoms with E-state index in [-0.39, 0.29) is 23.8 Å². The maximum Gasteiger partial charge on any atom is 0.257 e. The van der Waals surface area contributed by atoms with Gasteiger partial charge >= 0.3 is 0 Å². The molecule has 140 valence electrons. The monoisotopic (exact) mass is 365 g/mol. The summed E-state index contributed by atoms with van der Waals surface area (Å²) in [5, 5.41) is 0. The molecule has 2 aromatic heterocycles. The summed E-state index contributed by atoms with van der Waals surface area (Å²) in [6, 6.07) is 5.75. The van der Waals surface area contributed by atoms with Gasteiger partial charge in [0.05, 0.1) is 23.7 Å². The molecule has 0 aliphatic carbocycles. The number of amides is 2. The Kier molecular flexibility index (Phi) is 4.83. The van der Waals surface area contributed by atoms with E-state index >= 15 is 0 Å². The molecule has 7 heteroatoms. The maximum atomic E-state index is 12.9. The van der Waals surface area contributed by atoms with Gasteiger partial charge in [-0.2, -0.15) is 0 Å². The summed E-state index contributed by atoms with van der Waals surface area (Å²) in [5.41, 5.74) is 1.36. The van der Waals surface area contributed by atoms with Gasteiger partial charge in [0.25, 0.3) is 5.91 Å². The van der Waals surface area contributed by atoms with Crippen molar-refractivity contribution in [2.75, 3.05) is 13.1 Å². The molecule has 2 bridgehead atoms. The Morgan fingerprint density at radius 1 is 1.15 bits per heavy atom. The van der Waals surface area contributed by atoms with Gasteiger partial charge in [0.1, 0.15) is 5.82 Å². The van der Waals surface area contributed by atoms with Crippen molar-refractivity contribution >= 4 is 11.8 Å². The number of nitrogens with zero attached hydrogens (tertiary/aromatic N) is 5.